The minimum Gasteiger partial charge on any atom is -0.870 e. The molecule has 4 aromatic carbocycles. The number of rotatable bonds is 20. The van der Waals surface area contributed by atoms with E-state index in [4.69, 9.17) is 23.7 Å². The summed E-state index contributed by atoms with van der Waals surface area (Å²) in [5.74, 6) is 2.19. The zero-order valence-corrected chi connectivity index (χ0v) is 43.4. The molecule has 6 aromatic rings. The molecule has 0 amide bonds. The van der Waals surface area contributed by atoms with Gasteiger partial charge in [-0.15, -0.1) is 0 Å². The number of ether oxygens (including phenoxy) is 5. The van der Waals surface area contributed by atoms with Gasteiger partial charge in [0.05, 0.1) is 35.5 Å². The summed E-state index contributed by atoms with van der Waals surface area (Å²) in [5.41, 5.74) is 0.913. The molecular weight excluding hydrogens is 928 g/mol. The smallest absolute Gasteiger partial charge is 0.870 e. The first-order valence-electron chi connectivity index (χ1n) is 20.4. The van der Waals surface area contributed by atoms with E-state index in [2.05, 4.69) is 10.2 Å². The number of methoxy groups -OCH3 is 5. The monoisotopic (exact) mass is 983 g/mol. The van der Waals surface area contributed by atoms with Crippen molar-refractivity contribution >= 4 is 32.3 Å². The third-order valence-electron chi connectivity index (χ3n) is 10.5. The second-order valence-corrected chi connectivity index (χ2v) is 19.6. The van der Waals surface area contributed by atoms with E-state index in [1.54, 1.807) is 105 Å². The van der Waals surface area contributed by atoms with Crippen LogP contribution < -0.4 is 48.5 Å². The van der Waals surface area contributed by atoms with Gasteiger partial charge in [-0.25, -0.2) is 27.9 Å². The second-order valence-electron chi connectivity index (χ2n) is 15.8. The normalized spacial score (nSPS) is 11.6. The van der Waals surface area contributed by atoms with E-state index in [1.807, 2.05) is 54.8 Å². The number of carbonyl (C=O) groups is 1. The van der Waals surface area contributed by atoms with Crippen LogP contribution in [0.4, 0.5) is 0 Å². The van der Waals surface area contributed by atoms with Crippen LogP contribution in [0.2, 0.25) is 0 Å². The van der Waals surface area contributed by atoms with Gasteiger partial charge in [-0.3, -0.25) is 9.36 Å². The minimum absolute atomic E-state index is 0. The van der Waals surface area contributed by atoms with E-state index in [0.29, 0.717) is 23.0 Å². The summed E-state index contributed by atoms with van der Waals surface area (Å²) in [6.45, 7) is 6.93. The van der Waals surface area contributed by atoms with Crippen molar-refractivity contribution in [2.75, 3.05) is 35.5 Å². The number of hydrogen-bond acceptors (Lipinski definition) is 14. The van der Waals surface area contributed by atoms with Crippen LogP contribution in [0, 0.1) is 0 Å². The zero-order chi connectivity index (χ0) is 48.3. The number of aromatic nitrogens is 4. The molecule has 0 aliphatic carbocycles. The summed E-state index contributed by atoms with van der Waals surface area (Å²) < 4.78 is 85.2. The number of carbonyl (C=O) groups excluding carboxylic acids is 2. The summed E-state index contributed by atoms with van der Waals surface area (Å²) >= 11 is 0. The molecule has 2 aromatic heterocycles. The van der Waals surface area contributed by atoms with Crippen molar-refractivity contribution in [3.05, 3.63) is 144 Å². The Labute approximate surface area is 420 Å². The molecule has 0 unspecified atom stereocenters. The molecule has 0 fully saturated rings. The maximum atomic E-state index is 13.7. The molecule has 0 bridgehead atoms. The number of nitrogens with zero attached hydrogens (tertiary/aromatic N) is 6. The summed E-state index contributed by atoms with van der Waals surface area (Å²) in [5, 5.41) is 8.10. The van der Waals surface area contributed by atoms with E-state index in [-0.39, 0.29) is 71.3 Å². The maximum Gasteiger partial charge on any atom is 1.00 e. The van der Waals surface area contributed by atoms with Crippen molar-refractivity contribution in [2.45, 2.75) is 75.0 Å². The SMILES string of the molecule is COC(=O)C(C)(C)n1ccc(S(=O)(=O)N(Cc2ccc(OC)cc2)Cc2ccc(OC)cc2)n1.COc1ccc(CN(Cc2ccc(OC)cc2)S(=O)(=O)c2ccn(C(C)(C)[C-]=O)n2)cc1.[Na+].[OH-]. The Hall–Kier alpha value is -5.58. The molecule has 21 heteroatoms. The van der Waals surface area contributed by atoms with Gasteiger partial charge in [0, 0.05) is 38.6 Å². The van der Waals surface area contributed by atoms with E-state index in [0.717, 1.165) is 22.3 Å². The second kappa shape index (κ2) is 24.6. The largest absolute Gasteiger partial charge is 1.00 e. The molecule has 0 aliphatic heterocycles. The predicted octanol–water partition coefficient (Wildman–Crippen LogP) is 3.16. The number of benzene rings is 4. The fourth-order valence-corrected chi connectivity index (χ4v) is 9.01. The van der Waals surface area contributed by atoms with Gasteiger partial charge in [0.1, 0.15) is 23.0 Å². The van der Waals surface area contributed by atoms with Gasteiger partial charge in [-0.05, 0) is 102 Å². The van der Waals surface area contributed by atoms with Crippen molar-refractivity contribution in [1.82, 2.24) is 28.2 Å². The molecular formula is C47H56N6NaO12S2-. The number of esters is 1. The molecule has 2 heterocycles. The Balaban J connectivity index is 0.000000351. The van der Waals surface area contributed by atoms with Gasteiger partial charge in [0.15, 0.2) is 15.6 Å². The molecule has 360 valence electrons. The molecule has 18 nitrogen and oxygen atoms in total. The van der Waals surface area contributed by atoms with Gasteiger partial charge in [0.2, 0.25) is 0 Å². The van der Waals surface area contributed by atoms with Crippen molar-refractivity contribution in [1.29, 1.82) is 0 Å². The van der Waals surface area contributed by atoms with Crippen LogP contribution >= 0.6 is 0 Å². The van der Waals surface area contributed by atoms with E-state index in [1.165, 1.54) is 49.6 Å². The van der Waals surface area contributed by atoms with Crippen LogP contribution in [-0.4, -0.2) is 98.3 Å². The maximum absolute atomic E-state index is 13.7. The Kier molecular flexibility index (Phi) is 20.5. The van der Waals surface area contributed by atoms with Gasteiger partial charge in [-0.2, -0.15) is 18.8 Å². The minimum atomic E-state index is -4.01. The van der Waals surface area contributed by atoms with Crippen LogP contribution in [-0.2, 0) is 71.6 Å². The Morgan fingerprint density at radius 1 is 0.529 bits per heavy atom. The van der Waals surface area contributed by atoms with E-state index >= 15 is 0 Å². The molecule has 0 aliphatic rings. The summed E-state index contributed by atoms with van der Waals surface area (Å²) in [6, 6.07) is 31.5. The average molecular weight is 984 g/mol. The Morgan fingerprint density at radius 3 is 1.07 bits per heavy atom. The quantitative estimate of drug-likeness (QED) is 0.0610. The first-order chi connectivity index (χ1) is 31.3. The predicted molar refractivity (Wildman–Crippen MR) is 248 cm³/mol. The van der Waals surface area contributed by atoms with Crippen LogP contribution in [0.3, 0.4) is 0 Å². The molecule has 6 rings (SSSR count). The van der Waals surface area contributed by atoms with Crippen molar-refractivity contribution in [2.24, 2.45) is 0 Å². The van der Waals surface area contributed by atoms with Gasteiger partial charge in [0.25, 0.3) is 20.0 Å². The Morgan fingerprint density at radius 2 is 0.809 bits per heavy atom. The third-order valence-corrected chi connectivity index (χ3v) is 13.9. The number of sulfonamides is 2. The van der Waals surface area contributed by atoms with Gasteiger partial charge in [-0.1, -0.05) is 62.4 Å². The summed E-state index contributed by atoms with van der Waals surface area (Å²) in [7, 11) is -0.418. The number of hydrogen-bond donors (Lipinski definition) is 0. The van der Waals surface area contributed by atoms with E-state index < -0.39 is 37.1 Å². The summed E-state index contributed by atoms with van der Waals surface area (Å²) in [6.07, 6.45) is 4.80. The first kappa shape index (κ1) is 56.7. The van der Waals surface area contributed by atoms with Gasteiger partial charge < -0.3 is 34.0 Å². The molecule has 1 N–H and O–H groups in total. The topological polar surface area (TPSA) is 221 Å². The fourth-order valence-electron chi connectivity index (χ4n) is 6.36. The van der Waals surface area contributed by atoms with Crippen LogP contribution in [0.25, 0.3) is 0 Å². The van der Waals surface area contributed by atoms with Crippen LogP contribution in [0.5, 0.6) is 23.0 Å². The summed E-state index contributed by atoms with van der Waals surface area (Å²) in [4.78, 5) is 23.4. The van der Waals surface area contributed by atoms with Crippen LogP contribution in [0.1, 0.15) is 49.9 Å². The average Bonchev–Trinajstić information content (AvgIpc) is 4.06. The van der Waals surface area contributed by atoms with Crippen LogP contribution in [0.15, 0.2) is 132 Å². The van der Waals surface area contributed by atoms with E-state index in [9.17, 15) is 26.4 Å². The molecule has 0 radical (unpaired) electrons. The van der Waals surface area contributed by atoms with Crippen molar-refractivity contribution in [3.8, 4) is 23.0 Å². The first-order valence-corrected chi connectivity index (χ1v) is 23.3. The molecule has 0 spiro atoms. The third kappa shape index (κ3) is 14.0. The standard InChI is InChI=1S/C24H29N3O6S.C23H26N3O5S.Na.H2O/c1-24(2,23(28)33-5)27-15-14-22(25-27)34(29,30)26(16-18-6-10-20(31-3)11-7-18)17-19-8-12-21(32-4)13-9-19;1-23(2,17-27)26-14-13-22(24-26)32(28,29)25(15-18-5-9-20(30-3)10-6-18)16-19-7-11-21(31-4)12-8-19;;/h6-15H,16-17H2,1-5H3;5-14H,15-16H2,1-4H3;;1H2/q;-1;+1;/p-1. The zero-order valence-electron chi connectivity index (χ0n) is 39.8. The van der Waals surface area contributed by atoms with Crippen molar-refractivity contribution in [3.63, 3.8) is 0 Å². The Bertz CT molecular complexity index is 2660. The molecule has 0 atom stereocenters. The van der Waals surface area contributed by atoms with Gasteiger partial charge >= 0.3 is 35.5 Å². The van der Waals surface area contributed by atoms with Crippen molar-refractivity contribution < 1.29 is 85.1 Å². The molecule has 0 saturated carbocycles. The molecule has 0 saturated heterocycles. The fraction of sp³-hybridized carbons (Fsp3) is 0.319. The molecule has 68 heavy (non-hydrogen) atoms.